The standard InChI is InChI=1S/C19H34O5.C13H24O3.C6H11BrO2/c1-19(2,3)24-17(20)14-21-12-15-7-6-8-16(11-15)13-23-18-9-4-5-10-22-18;14-9-11-4-3-5-12(8-11)10-16-13-6-1-2-7-15-13;1-6(2,3)9-5(8)4-7/h15-16,18H,4-14H2,1-3H3;11-14H,1-10H2;4H2,1-3H3/t15-,16+,18?;11-,12+,13?;/m11./s1. The number of hydrogen-bond donors (Lipinski definition) is 1. The largest absolute Gasteiger partial charge is 0.459 e. The molecule has 288 valence electrons. The predicted octanol–water partition coefficient (Wildman–Crippen LogP) is 7.75. The predicted molar refractivity (Wildman–Crippen MR) is 193 cm³/mol. The van der Waals surface area contributed by atoms with E-state index >= 15 is 0 Å². The van der Waals surface area contributed by atoms with E-state index in [1.165, 1.54) is 57.8 Å². The maximum absolute atomic E-state index is 11.7. The van der Waals surface area contributed by atoms with Crippen LogP contribution in [0.5, 0.6) is 0 Å². The van der Waals surface area contributed by atoms with Crippen molar-refractivity contribution < 1.29 is 47.9 Å². The summed E-state index contributed by atoms with van der Waals surface area (Å²) in [5, 5.41) is 9.43. The number of halogens is 1. The second kappa shape index (κ2) is 24.4. The van der Waals surface area contributed by atoms with Gasteiger partial charge in [0.05, 0.1) is 19.8 Å². The van der Waals surface area contributed by atoms with Crippen molar-refractivity contribution in [2.24, 2.45) is 23.7 Å². The Morgan fingerprint density at radius 1 is 0.633 bits per heavy atom. The lowest BCUT2D eigenvalue weighted by atomic mass is 9.82. The molecule has 49 heavy (non-hydrogen) atoms. The molecule has 6 atom stereocenters. The van der Waals surface area contributed by atoms with Gasteiger partial charge in [-0.05, 0) is 142 Å². The highest BCUT2D eigenvalue weighted by Crippen LogP contribution is 2.31. The van der Waals surface area contributed by atoms with Gasteiger partial charge in [-0.25, -0.2) is 4.79 Å². The van der Waals surface area contributed by atoms with Crippen molar-refractivity contribution in [1.29, 1.82) is 0 Å². The van der Waals surface area contributed by atoms with Gasteiger partial charge in [-0.15, -0.1) is 0 Å². The van der Waals surface area contributed by atoms with E-state index < -0.39 is 5.60 Å². The Balaban J connectivity index is 0.000000286. The summed E-state index contributed by atoms with van der Waals surface area (Å²) in [7, 11) is 0. The monoisotopic (exact) mass is 764 g/mol. The van der Waals surface area contributed by atoms with Crippen molar-refractivity contribution in [1.82, 2.24) is 0 Å². The lowest BCUT2D eigenvalue weighted by molar-refractivity contribution is -0.172. The molecule has 2 aliphatic heterocycles. The maximum Gasteiger partial charge on any atom is 0.332 e. The second-order valence-corrected chi connectivity index (χ2v) is 16.6. The molecule has 4 fully saturated rings. The van der Waals surface area contributed by atoms with Crippen molar-refractivity contribution in [3.63, 3.8) is 0 Å². The topological polar surface area (TPSA) is 119 Å². The molecule has 2 aliphatic carbocycles. The van der Waals surface area contributed by atoms with Gasteiger partial charge in [-0.1, -0.05) is 28.8 Å². The van der Waals surface area contributed by atoms with E-state index in [-0.39, 0.29) is 42.1 Å². The molecule has 2 heterocycles. The molecule has 0 amide bonds. The summed E-state index contributed by atoms with van der Waals surface area (Å²) < 4.78 is 38.7. The van der Waals surface area contributed by atoms with Crippen LogP contribution >= 0.6 is 15.9 Å². The Labute approximate surface area is 305 Å². The van der Waals surface area contributed by atoms with Crippen LogP contribution in [-0.4, -0.2) is 92.4 Å². The highest BCUT2D eigenvalue weighted by molar-refractivity contribution is 9.09. The molecule has 0 radical (unpaired) electrons. The van der Waals surface area contributed by atoms with Crippen LogP contribution in [0.2, 0.25) is 0 Å². The van der Waals surface area contributed by atoms with Crippen molar-refractivity contribution >= 4 is 27.9 Å². The second-order valence-electron chi connectivity index (χ2n) is 16.1. The first-order valence-corrected chi connectivity index (χ1v) is 20.0. The van der Waals surface area contributed by atoms with Crippen LogP contribution in [0, 0.1) is 23.7 Å². The summed E-state index contributed by atoms with van der Waals surface area (Å²) in [6, 6.07) is 0. The summed E-state index contributed by atoms with van der Waals surface area (Å²) in [5.74, 6) is 1.74. The van der Waals surface area contributed by atoms with Gasteiger partial charge in [0.1, 0.15) is 23.1 Å². The molecule has 0 bridgehead atoms. The first-order valence-electron chi connectivity index (χ1n) is 18.9. The molecule has 2 saturated heterocycles. The quantitative estimate of drug-likeness (QED) is 0.156. The first-order chi connectivity index (χ1) is 23.3. The molecule has 0 aromatic carbocycles. The fourth-order valence-electron chi connectivity index (χ4n) is 6.65. The molecule has 1 N–H and O–H groups in total. The molecule has 0 spiro atoms. The number of carbonyl (C=O) groups is 2. The number of alkyl halides is 1. The fourth-order valence-corrected chi connectivity index (χ4v) is 6.76. The van der Waals surface area contributed by atoms with Gasteiger partial charge >= 0.3 is 11.9 Å². The molecule has 4 aliphatic rings. The van der Waals surface area contributed by atoms with Crippen LogP contribution in [0.4, 0.5) is 0 Å². The minimum Gasteiger partial charge on any atom is -0.459 e. The fraction of sp³-hybridized carbons (Fsp3) is 0.947. The maximum atomic E-state index is 11.7. The Morgan fingerprint density at radius 3 is 1.49 bits per heavy atom. The Morgan fingerprint density at radius 2 is 1.08 bits per heavy atom. The molecular weight excluding hydrogens is 696 g/mol. The van der Waals surface area contributed by atoms with Gasteiger partial charge in [0.25, 0.3) is 0 Å². The number of rotatable bonds is 12. The smallest absolute Gasteiger partial charge is 0.332 e. The molecule has 0 aromatic rings. The number of hydrogen-bond acceptors (Lipinski definition) is 10. The minimum absolute atomic E-state index is 0.00236. The summed E-state index contributed by atoms with van der Waals surface area (Å²) in [5.41, 5.74) is -0.806. The van der Waals surface area contributed by atoms with E-state index in [1.54, 1.807) is 0 Å². The third kappa shape index (κ3) is 22.7. The number of esters is 2. The third-order valence-corrected chi connectivity index (χ3v) is 9.33. The summed E-state index contributed by atoms with van der Waals surface area (Å²) >= 11 is 2.99. The van der Waals surface area contributed by atoms with Gasteiger partial charge in [-0.3, -0.25) is 4.79 Å². The Hall–Kier alpha value is -0.820. The number of aliphatic hydroxyl groups is 1. The van der Waals surface area contributed by atoms with Gasteiger partial charge < -0.3 is 38.3 Å². The first kappa shape index (κ1) is 44.3. The van der Waals surface area contributed by atoms with E-state index in [0.717, 1.165) is 58.5 Å². The zero-order valence-corrected chi connectivity index (χ0v) is 33.1. The lowest BCUT2D eigenvalue weighted by Crippen LogP contribution is -2.29. The highest BCUT2D eigenvalue weighted by Gasteiger charge is 2.26. The van der Waals surface area contributed by atoms with Crippen LogP contribution in [0.3, 0.4) is 0 Å². The van der Waals surface area contributed by atoms with Crippen molar-refractivity contribution in [3.8, 4) is 0 Å². The van der Waals surface area contributed by atoms with E-state index in [2.05, 4.69) is 15.9 Å². The van der Waals surface area contributed by atoms with Crippen LogP contribution in [-0.2, 0) is 42.7 Å². The molecule has 2 saturated carbocycles. The number of carbonyl (C=O) groups excluding carboxylic acids is 2. The van der Waals surface area contributed by atoms with Crippen LogP contribution in [0.15, 0.2) is 0 Å². The summed E-state index contributed by atoms with van der Waals surface area (Å²) in [4.78, 5) is 22.2. The van der Waals surface area contributed by atoms with Gasteiger partial charge in [-0.2, -0.15) is 0 Å². The van der Waals surface area contributed by atoms with Gasteiger partial charge in [0.15, 0.2) is 12.6 Å². The van der Waals surface area contributed by atoms with Crippen molar-refractivity contribution in [2.75, 3.05) is 51.6 Å². The third-order valence-electron chi connectivity index (χ3n) is 8.88. The molecule has 10 nitrogen and oxygen atoms in total. The van der Waals surface area contributed by atoms with Crippen molar-refractivity contribution in [3.05, 3.63) is 0 Å². The van der Waals surface area contributed by atoms with E-state index in [0.29, 0.717) is 36.9 Å². The average Bonchev–Trinajstić information content (AvgIpc) is 3.07. The highest BCUT2D eigenvalue weighted by atomic mass is 79.9. The molecular formula is C38H69BrO10. The number of ether oxygens (including phenoxy) is 7. The lowest BCUT2D eigenvalue weighted by Gasteiger charge is -2.31. The van der Waals surface area contributed by atoms with Gasteiger partial charge in [0.2, 0.25) is 0 Å². The number of aliphatic hydroxyl groups excluding tert-OH is 1. The molecule has 11 heteroatoms. The average molecular weight is 766 g/mol. The summed E-state index contributed by atoms with van der Waals surface area (Å²) in [6.45, 7) is 15.4. The van der Waals surface area contributed by atoms with Gasteiger partial charge in [0, 0.05) is 19.8 Å². The van der Waals surface area contributed by atoms with E-state index in [4.69, 9.17) is 38.3 Å². The van der Waals surface area contributed by atoms with Crippen LogP contribution in [0.25, 0.3) is 0 Å². The Kier molecular flexibility index (Phi) is 22.1. The molecule has 4 rings (SSSR count). The summed E-state index contributed by atoms with van der Waals surface area (Å²) in [6.07, 6.45) is 16.4. The normalized spacial score (nSPS) is 27.8. The van der Waals surface area contributed by atoms with Crippen LogP contribution in [0.1, 0.15) is 131 Å². The zero-order valence-electron chi connectivity index (χ0n) is 31.5. The van der Waals surface area contributed by atoms with E-state index in [9.17, 15) is 9.59 Å². The zero-order chi connectivity index (χ0) is 36.1. The SMILES string of the molecule is CC(C)(C)OC(=O)CBr.CC(C)(C)OC(=O)COC[C@@H]1CCC[C@H](COC2CCCCO2)C1.OC[C@@H]1CCC[C@H](COC2CCCCO2)C1. The van der Waals surface area contributed by atoms with Crippen LogP contribution < -0.4 is 0 Å². The molecule has 2 unspecified atom stereocenters. The van der Waals surface area contributed by atoms with Crippen molar-refractivity contribution in [2.45, 2.75) is 155 Å². The minimum atomic E-state index is -0.449. The Bertz CT molecular complexity index is 877. The van der Waals surface area contributed by atoms with E-state index in [1.807, 2.05) is 41.5 Å². The molecule has 0 aromatic heterocycles.